The van der Waals surface area contributed by atoms with Crippen LogP contribution in [0.2, 0.25) is 0 Å². The van der Waals surface area contributed by atoms with E-state index in [0.29, 0.717) is 0 Å². The minimum atomic E-state index is -5.14. The summed E-state index contributed by atoms with van der Waals surface area (Å²) in [6.45, 7) is 1.45. The summed E-state index contributed by atoms with van der Waals surface area (Å²) in [6.07, 6.45) is -6.14. The normalized spacial score (nSPS) is 15.9. The fourth-order valence-corrected chi connectivity index (χ4v) is 3.96. The molecule has 0 radical (unpaired) electrons. The van der Waals surface area contributed by atoms with Crippen molar-refractivity contribution in [2.45, 2.75) is 44.0 Å². The largest absolute Gasteiger partial charge is 0.508 e. The predicted octanol–water partition coefficient (Wildman–Crippen LogP) is 3.99. The highest BCUT2D eigenvalue weighted by Crippen LogP contribution is 2.44. The first-order valence-electron chi connectivity index (χ1n) is 9.37. The first kappa shape index (κ1) is 22.8. The van der Waals surface area contributed by atoms with Gasteiger partial charge < -0.3 is 20.8 Å². The van der Waals surface area contributed by atoms with Crippen LogP contribution in [0, 0.1) is 11.6 Å². The van der Waals surface area contributed by atoms with Gasteiger partial charge in [0.25, 0.3) is 5.91 Å². The number of nitrogens with one attached hydrogen (secondary N) is 2. The molecule has 1 aliphatic rings. The van der Waals surface area contributed by atoms with E-state index in [0.717, 1.165) is 24.3 Å². The molecule has 1 aliphatic heterocycles. The monoisotopic (exact) mass is 444 g/mol. The second kappa shape index (κ2) is 7.67. The van der Waals surface area contributed by atoms with E-state index in [1.54, 1.807) is 0 Å². The lowest BCUT2D eigenvalue weighted by molar-refractivity contribution is -0.260. The minimum absolute atomic E-state index is 0.00415. The van der Waals surface area contributed by atoms with Gasteiger partial charge in [-0.05, 0) is 36.1 Å². The summed E-state index contributed by atoms with van der Waals surface area (Å²) in [5.41, 5.74) is -5.14. The number of carbonyl (C=O) groups excluding carboxylic acids is 1. The van der Waals surface area contributed by atoms with Crippen LogP contribution < -0.4 is 10.6 Å². The van der Waals surface area contributed by atoms with Gasteiger partial charge in [0.1, 0.15) is 17.4 Å². The molecule has 2 aromatic carbocycles. The van der Waals surface area contributed by atoms with E-state index >= 15 is 0 Å². The van der Waals surface area contributed by atoms with Crippen LogP contribution in [0.4, 0.5) is 27.6 Å². The average molecular weight is 444 g/mol. The van der Waals surface area contributed by atoms with Gasteiger partial charge in [0.05, 0.1) is 6.54 Å². The van der Waals surface area contributed by atoms with Crippen LogP contribution in [-0.2, 0) is 12.0 Å². The van der Waals surface area contributed by atoms with E-state index in [1.807, 2.05) is 0 Å². The summed E-state index contributed by atoms with van der Waals surface area (Å²) in [6, 6.07) is 5.26. The van der Waals surface area contributed by atoms with Crippen LogP contribution in [0.5, 0.6) is 5.75 Å². The molecule has 0 bridgehead atoms. The van der Waals surface area contributed by atoms with Gasteiger partial charge >= 0.3 is 6.18 Å². The number of phenols is 1. The number of benzene rings is 2. The van der Waals surface area contributed by atoms with E-state index in [2.05, 4.69) is 10.6 Å². The number of fused-ring (bicyclic) bond motifs is 1. The van der Waals surface area contributed by atoms with E-state index in [9.17, 15) is 37.0 Å². The standard InChI is InChI=1S/C21H21F5N2O3/c1-19(2,17-14(23)4-3-5-16(17)29)9-20(31,21(24,25)26)10-28-15-7-11(22)6-12-13(15)8-27-18(12)30/h3-7,28-29,31H,8-10H2,1-2H3,(H,27,30). The molecule has 0 spiro atoms. The van der Waals surface area contributed by atoms with Crippen molar-refractivity contribution >= 4 is 11.6 Å². The highest BCUT2D eigenvalue weighted by Gasteiger charge is 2.56. The van der Waals surface area contributed by atoms with Gasteiger partial charge in [-0.25, -0.2) is 8.78 Å². The van der Waals surface area contributed by atoms with Gasteiger partial charge in [0.2, 0.25) is 0 Å². The Balaban J connectivity index is 1.93. The Morgan fingerprint density at radius 1 is 1.16 bits per heavy atom. The van der Waals surface area contributed by atoms with Crippen molar-refractivity contribution in [1.82, 2.24) is 5.32 Å². The molecule has 2 aromatic rings. The summed E-state index contributed by atoms with van der Waals surface area (Å²) >= 11 is 0. The molecule has 10 heteroatoms. The quantitative estimate of drug-likeness (QED) is 0.508. The number of halogens is 5. The van der Waals surface area contributed by atoms with E-state index in [1.165, 1.54) is 19.9 Å². The van der Waals surface area contributed by atoms with Gasteiger partial charge in [-0.15, -0.1) is 0 Å². The fraction of sp³-hybridized carbons (Fsp3) is 0.381. The van der Waals surface area contributed by atoms with Crippen LogP contribution in [-0.4, -0.2) is 34.4 Å². The Labute approximate surface area is 174 Å². The molecule has 0 saturated carbocycles. The molecule has 3 rings (SSSR count). The van der Waals surface area contributed by atoms with Crippen molar-refractivity contribution in [2.75, 3.05) is 11.9 Å². The number of phenolic OH excluding ortho intramolecular Hbond substituents is 1. The molecule has 0 saturated heterocycles. The first-order chi connectivity index (χ1) is 14.2. The first-order valence-corrected chi connectivity index (χ1v) is 9.37. The number of aliphatic hydroxyl groups is 1. The number of alkyl halides is 3. The smallest absolute Gasteiger partial charge is 0.418 e. The van der Waals surface area contributed by atoms with Crippen molar-refractivity contribution in [3.05, 3.63) is 58.7 Å². The average Bonchev–Trinajstić information content (AvgIpc) is 2.99. The zero-order valence-electron chi connectivity index (χ0n) is 16.7. The van der Waals surface area contributed by atoms with E-state index in [-0.39, 0.29) is 28.9 Å². The summed E-state index contributed by atoms with van der Waals surface area (Å²) in [5.74, 6) is -2.82. The van der Waals surface area contributed by atoms with Crippen LogP contribution in [0.25, 0.3) is 0 Å². The third-order valence-corrected chi connectivity index (χ3v) is 5.39. The zero-order valence-corrected chi connectivity index (χ0v) is 16.7. The lowest BCUT2D eigenvalue weighted by Crippen LogP contribution is -2.54. The van der Waals surface area contributed by atoms with Crippen molar-refractivity contribution in [3.8, 4) is 5.75 Å². The van der Waals surface area contributed by atoms with Gasteiger partial charge in [-0.3, -0.25) is 4.79 Å². The van der Waals surface area contributed by atoms with Gasteiger partial charge in [0.15, 0.2) is 5.60 Å². The summed E-state index contributed by atoms with van der Waals surface area (Å²) in [5, 5.41) is 25.4. The van der Waals surface area contributed by atoms with E-state index in [4.69, 9.17) is 0 Å². The molecule has 1 heterocycles. The van der Waals surface area contributed by atoms with Crippen molar-refractivity contribution in [2.24, 2.45) is 0 Å². The maximum atomic E-state index is 14.3. The third-order valence-electron chi connectivity index (χ3n) is 5.39. The summed E-state index contributed by atoms with van der Waals surface area (Å²) in [7, 11) is 0. The Hall–Kier alpha value is -2.88. The molecule has 0 fully saturated rings. The molecule has 5 nitrogen and oxygen atoms in total. The van der Waals surface area contributed by atoms with Crippen molar-refractivity contribution < 1.29 is 37.0 Å². The number of rotatable bonds is 6. The molecule has 0 aromatic heterocycles. The number of aromatic hydroxyl groups is 1. The van der Waals surface area contributed by atoms with Crippen LogP contribution in [0.15, 0.2) is 30.3 Å². The van der Waals surface area contributed by atoms with Gasteiger partial charge in [0, 0.05) is 28.9 Å². The lowest BCUT2D eigenvalue weighted by Gasteiger charge is -2.38. The zero-order chi connectivity index (χ0) is 23.2. The Morgan fingerprint density at radius 3 is 2.45 bits per heavy atom. The summed E-state index contributed by atoms with van der Waals surface area (Å²) in [4.78, 5) is 11.7. The van der Waals surface area contributed by atoms with Gasteiger partial charge in [-0.1, -0.05) is 19.9 Å². The molecule has 1 unspecified atom stereocenters. The molecule has 0 aliphatic carbocycles. The molecular formula is C21H21F5N2O3. The second-order valence-electron chi connectivity index (χ2n) is 8.24. The molecular weight excluding hydrogens is 423 g/mol. The Morgan fingerprint density at radius 2 is 1.84 bits per heavy atom. The molecule has 4 N–H and O–H groups in total. The third kappa shape index (κ3) is 4.30. The van der Waals surface area contributed by atoms with Crippen LogP contribution in [0.3, 0.4) is 0 Å². The second-order valence-corrected chi connectivity index (χ2v) is 8.24. The molecule has 31 heavy (non-hydrogen) atoms. The van der Waals surface area contributed by atoms with Gasteiger partial charge in [-0.2, -0.15) is 13.2 Å². The van der Waals surface area contributed by atoms with Crippen molar-refractivity contribution in [3.63, 3.8) is 0 Å². The predicted molar refractivity (Wildman–Crippen MR) is 103 cm³/mol. The number of hydrogen-bond donors (Lipinski definition) is 4. The Bertz CT molecular complexity index is 1000. The molecule has 1 amide bonds. The minimum Gasteiger partial charge on any atom is -0.508 e. The van der Waals surface area contributed by atoms with E-state index < -0.39 is 53.4 Å². The maximum Gasteiger partial charge on any atom is 0.418 e. The number of hydrogen-bond acceptors (Lipinski definition) is 4. The maximum absolute atomic E-state index is 14.3. The number of amides is 1. The number of anilines is 1. The van der Waals surface area contributed by atoms with Crippen molar-refractivity contribution in [1.29, 1.82) is 0 Å². The molecule has 1 atom stereocenters. The lowest BCUT2D eigenvalue weighted by atomic mass is 9.74. The highest BCUT2D eigenvalue weighted by atomic mass is 19.4. The Kier molecular flexibility index (Phi) is 5.64. The molecule has 168 valence electrons. The SMILES string of the molecule is CC(C)(CC(O)(CNc1cc(F)cc2c1CNC2=O)C(F)(F)F)c1c(O)cccc1F. The fourth-order valence-electron chi connectivity index (χ4n) is 3.96. The summed E-state index contributed by atoms with van der Waals surface area (Å²) < 4.78 is 69.8. The highest BCUT2D eigenvalue weighted by molar-refractivity contribution is 6.00. The van der Waals surface area contributed by atoms with Crippen LogP contribution >= 0.6 is 0 Å². The number of carbonyl (C=O) groups is 1. The van der Waals surface area contributed by atoms with Crippen LogP contribution in [0.1, 0.15) is 41.8 Å². The topological polar surface area (TPSA) is 81.6 Å².